The molecule has 0 saturated heterocycles. The SMILES string of the molecule is COc1cc(OC)c(C(=O)N(C)CC(C)C)cc1OC. The third kappa shape index (κ3) is 3.56. The summed E-state index contributed by atoms with van der Waals surface area (Å²) in [6.45, 7) is 4.81. The Balaban J connectivity index is 3.18. The maximum atomic E-state index is 12.5. The quantitative estimate of drug-likeness (QED) is 0.803. The monoisotopic (exact) mass is 281 g/mol. The molecular weight excluding hydrogens is 258 g/mol. The number of methoxy groups -OCH3 is 3. The molecule has 0 aromatic heterocycles. The molecule has 0 unspecified atom stereocenters. The van der Waals surface area contributed by atoms with Crippen molar-refractivity contribution in [3.05, 3.63) is 17.7 Å². The van der Waals surface area contributed by atoms with Crippen molar-refractivity contribution < 1.29 is 19.0 Å². The molecule has 0 fully saturated rings. The van der Waals surface area contributed by atoms with E-state index in [4.69, 9.17) is 14.2 Å². The molecule has 0 radical (unpaired) electrons. The molecule has 0 atom stereocenters. The predicted molar refractivity (Wildman–Crippen MR) is 77.9 cm³/mol. The minimum Gasteiger partial charge on any atom is -0.496 e. The van der Waals surface area contributed by atoms with Gasteiger partial charge in [-0.25, -0.2) is 0 Å². The fourth-order valence-electron chi connectivity index (χ4n) is 2.03. The Morgan fingerprint density at radius 1 is 1.05 bits per heavy atom. The molecule has 5 heteroatoms. The first-order valence-corrected chi connectivity index (χ1v) is 6.50. The van der Waals surface area contributed by atoms with Gasteiger partial charge in [-0.2, -0.15) is 0 Å². The van der Waals surface area contributed by atoms with Crippen LogP contribution in [0.2, 0.25) is 0 Å². The van der Waals surface area contributed by atoms with E-state index in [0.29, 0.717) is 35.3 Å². The highest BCUT2D eigenvalue weighted by atomic mass is 16.5. The molecule has 112 valence electrons. The van der Waals surface area contributed by atoms with Crippen molar-refractivity contribution in [2.45, 2.75) is 13.8 Å². The van der Waals surface area contributed by atoms with Crippen LogP contribution >= 0.6 is 0 Å². The van der Waals surface area contributed by atoms with Crippen molar-refractivity contribution in [1.82, 2.24) is 4.90 Å². The molecule has 0 aliphatic carbocycles. The molecule has 0 saturated carbocycles. The van der Waals surface area contributed by atoms with E-state index in [1.165, 1.54) is 14.2 Å². The summed E-state index contributed by atoms with van der Waals surface area (Å²) < 4.78 is 15.7. The van der Waals surface area contributed by atoms with Crippen LogP contribution in [0.3, 0.4) is 0 Å². The number of amides is 1. The van der Waals surface area contributed by atoms with E-state index in [-0.39, 0.29) is 5.91 Å². The average molecular weight is 281 g/mol. The standard InChI is InChI=1S/C15H23NO4/c1-10(2)9-16(3)15(17)11-7-13(19-5)14(20-6)8-12(11)18-4/h7-8,10H,9H2,1-6H3. The van der Waals surface area contributed by atoms with Crippen molar-refractivity contribution in [1.29, 1.82) is 0 Å². The molecule has 1 rings (SSSR count). The molecule has 0 aliphatic heterocycles. The van der Waals surface area contributed by atoms with Gasteiger partial charge in [0.05, 0.1) is 26.9 Å². The van der Waals surface area contributed by atoms with Gasteiger partial charge >= 0.3 is 0 Å². The first-order chi connectivity index (χ1) is 9.44. The summed E-state index contributed by atoms with van der Waals surface area (Å²) in [5.74, 6) is 1.82. The zero-order valence-electron chi connectivity index (χ0n) is 13.0. The lowest BCUT2D eigenvalue weighted by Crippen LogP contribution is -2.30. The van der Waals surface area contributed by atoms with E-state index in [9.17, 15) is 4.79 Å². The minimum absolute atomic E-state index is 0.100. The zero-order valence-corrected chi connectivity index (χ0v) is 13.0. The second-order valence-corrected chi connectivity index (χ2v) is 4.99. The topological polar surface area (TPSA) is 48.0 Å². The summed E-state index contributed by atoms with van der Waals surface area (Å²) in [5.41, 5.74) is 0.466. The Labute approximate surface area is 120 Å². The molecule has 0 aliphatic rings. The normalized spacial score (nSPS) is 10.3. The summed E-state index contributed by atoms with van der Waals surface area (Å²) >= 11 is 0. The molecule has 1 aromatic carbocycles. The Morgan fingerprint density at radius 2 is 1.55 bits per heavy atom. The lowest BCUT2D eigenvalue weighted by Gasteiger charge is -2.21. The van der Waals surface area contributed by atoms with Crippen LogP contribution in [-0.2, 0) is 0 Å². The second kappa shape index (κ2) is 7.03. The van der Waals surface area contributed by atoms with Gasteiger partial charge in [0, 0.05) is 25.7 Å². The summed E-state index contributed by atoms with van der Waals surface area (Å²) in [6.07, 6.45) is 0. The molecular formula is C15H23NO4. The van der Waals surface area contributed by atoms with Crippen LogP contribution < -0.4 is 14.2 Å². The zero-order chi connectivity index (χ0) is 15.3. The van der Waals surface area contributed by atoms with Crippen LogP contribution in [0.25, 0.3) is 0 Å². The first-order valence-electron chi connectivity index (χ1n) is 6.50. The highest BCUT2D eigenvalue weighted by Gasteiger charge is 2.20. The third-order valence-electron chi connectivity index (χ3n) is 2.92. The largest absolute Gasteiger partial charge is 0.496 e. The van der Waals surface area contributed by atoms with Gasteiger partial charge in [-0.3, -0.25) is 4.79 Å². The van der Waals surface area contributed by atoms with E-state index < -0.39 is 0 Å². The number of rotatable bonds is 6. The van der Waals surface area contributed by atoms with Gasteiger partial charge in [0.1, 0.15) is 5.75 Å². The fourth-order valence-corrected chi connectivity index (χ4v) is 2.03. The summed E-state index contributed by atoms with van der Waals surface area (Å²) in [7, 11) is 6.39. The molecule has 0 N–H and O–H groups in total. The van der Waals surface area contributed by atoms with Gasteiger partial charge in [0.25, 0.3) is 5.91 Å². The third-order valence-corrected chi connectivity index (χ3v) is 2.92. The molecule has 0 spiro atoms. The lowest BCUT2D eigenvalue weighted by atomic mass is 10.1. The molecule has 1 aromatic rings. The molecule has 0 bridgehead atoms. The Kier molecular flexibility index (Phi) is 5.67. The van der Waals surface area contributed by atoms with Crippen LogP contribution in [-0.4, -0.2) is 45.7 Å². The Bertz CT molecular complexity index is 471. The van der Waals surface area contributed by atoms with E-state index in [1.807, 2.05) is 0 Å². The van der Waals surface area contributed by atoms with Crippen LogP contribution in [0.15, 0.2) is 12.1 Å². The number of ether oxygens (including phenoxy) is 3. The second-order valence-electron chi connectivity index (χ2n) is 4.99. The van der Waals surface area contributed by atoms with Gasteiger partial charge in [0.15, 0.2) is 11.5 Å². The van der Waals surface area contributed by atoms with Gasteiger partial charge in [-0.15, -0.1) is 0 Å². The van der Waals surface area contributed by atoms with Crippen molar-refractivity contribution in [2.75, 3.05) is 34.9 Å². The predicted octanol–water partition coefficient (Wildman–Crippen LogP) is 2.44. The van der Waals surface area contributed by atoms with E-state index in [2.05, 4.69) is 13.8 Å². The number of hydrogen-bond acceptors (Lipinski definition) is 4. The van der Waals surface area contributed by atoms with Crippen molar-refractivity contribution in [3.8, 4) is 17.2 Å². The van der Waals surface area contributed by atoms with E-state index in [0.717, 1.165) is 0 Å². The molecule has 20 heavy (non-hydrogen) atoms. The Hall–Kier alpha value is -1.91. The molecule has 1 amide bonds. The minimum atomic E-state index is -0.100. The number of hydrogen-bond donors (Lipinski definition) is 0. The smallest absolute Gasteiger partial charge is 0.257 e. The first kappa shape index (κ1) is 16.1. The summed E-state index contributed by atoms with van der Waals surface area (Å²) in [5, 5.41) is 0. The van der Waals surface area contributed by atoms with Crippen molar-refractivity contribution in [2.24, 2.45) is 5.92 Å². The summed E-state index contributed by atoms with van der Waals surface area (Å²) in [4.78, 5) is 14.2. The van der Waals surface area contributed by atoms with Crippen LogP contribution in [0.4, 0.5) is 0 Å². The number of nitrogens with zero attached hydrogens (tertiary/aromatic N) is 1. The van der Waals surface area contributed by atoms with Gasteiger partial charge in [0.2, 0.25) is 0 Å². The Morgan fingerprint density at radius 3 is 2.00 bits per heavy atom. The van der Waals surface area contributed by atoms with Crippen LogP contribution in [0.1, 0.15) is 24.2 Å². The summed E-state index contributed by atoms with van der Waals surface area (Å²) in [6, 6.07) is 3.31. The fraction of sp³-hybridized carbons (Fsp3) is 0.533. The van der Waals surface area contributed by atoms with Gasteiger partial charge in [-0.1, -0.05) is 13.8 Å². The average Bonchev–Trinajstić information content (AvgIpc) is 2.44. The van der Waals surface area contributed by atoms with E-state index >= 15 is 0 Å². The van der Waals surface area contributed by atoms with Crippen LogP contribution in [0, 0.1) is 5.92 Å². The van der Waals surface area contributed by atoms with E-state index in [1.54, 1.807) is 31.2 Å². The van der Waals surface area contributed by atoms with Crippen LogP contribution in [0.5, 0.6) is 17.2 Å². The maximum absolute atomic E-state index is 12.5. The number of benzene rings is 1. The maximum Gasteiger partial charge on any atom is 0.257 e. The van der Waals surface area contributed by atoms with Crippen molar-refractivity contribution >= 4 is 5.91 Å². The highest BCUT2D eigenvalue weighted by Crippen LogP contribution is 2.35. The number of carbonyl (C=O) groups is 1. The lowest BCUT2D eigenvalue weighted by molar-refractivity contribution is 0.0775. The van der Waals surface area contributed by atoms with Gasteiger partial charge < -0.3 is 19.1 Å². The number of carbonyl (C=O) groups excluding carboxylic acids is 1. The highest BCUT2D eigenvalue weighted by molar-refractivity contribution is 5.97. The van der Waals surface area contributed by atoms with Gasteiger partial charge in [-0.05, 0) is 5.92 Å². The molecule has 0 heterocycles. The molecule has 5 nitrogen and oxygen atoms in total. The van der Waals surface area contributed by atoms with Crippen molar-refractivity contribution in [3.63, 3.8) is 0 Å².